The third-order valence-corrected chi connectivity index (χ3v) is 9.40. The maximum Gasteiger partial charge on any atom is 0.248 e. The van der Waals surface area contributed by atoms with Gasteiger partial charge in [-0.15, -0.1) is 0 Å². The second-order valence-corrected chi connectivity index (χ2v) is 11.8. The maximum absolute atomic E-state index is 12.5. The molecular formula is C20H25ClN2O3S2. The molecule has 152 valence electrons. The Labute approximate surface area is 175 Å². The Morgan fingerprint density at radius 3 is 2.61 bits per heavy atom. The highest BCUT2D eigenvalue weighted by Crippen LogP contribution is 2.39. The van der Waals surface area contributed by atoms with Gasteiger partial charge in [0.2, 0.25) is 5.91 Å². The summed E-state index contributed by atoms with van der Waals surface area (Å²) in [7, 11) is -3.03. The van der Waals surface area contributed by atoms with Crippen molar-refractivity contribution in [2.45, 2.75) is 56.4 Å². The summed E-state index contributed by atoms with van der Waals surface area (Å²) < 4.78 is 24.2. The van der Waals surface area contributed by atoms with E-state index < -0.39 is 9.84 Å². The summed E-state index contributed by atoms with van der Waals surface area (Å²) in [5.74, 6) is 0.871. The van der Waals surface area contributed by atoms with Gasteiger partial charge in [0, 0.05) is 23.2 Å². The van der Waals surface area contributed by atoms with Crippen LogP contribution in [0, 0.1) is 5.92 Å². The number of rotatable bonds is 5. The number of aliphatic imine (C=N–C) groups is 1. The standard InChI is InChI=1S/C20H25ClN2O3S2/c21-16-8-5-15(6-9-16)11-23-17-12-28(25,26)13-18(17)27-20(23)22-19(24)10-7-14-3-1-2-4-14/h5-6,8-9,14,17-18H,1-4,7,10-13H2/t17-,18-/m0/s1. The van der Waals surface area contributed by atoms with Crippen LogP contribution in [0.25, 0.3) is 0 Å². The number of hydrogen-bond donors (Lipinski definition) is 0. The van der Waals surface area contributed by atoms with E-state index in [-0.39, 0.29) is 28.7 Å². The van der Waals surface area contributed by atoms with Crippen LogP contribution in [0.5, 0.6) is 0 Å². The third kappa shape index (κ3) is 4.74. The summed E-state index contributed by atoms with van der Waals surface area (Å²) in [6.45, 7) is 0.537. The molecule has 8 heteroatoms. The van der Waals surface area contributed by atoms with Crippen LogP contribution in [0.1, 0.15) is 44.1 Å². The first kappa shape index (κ1) is 20.2. The number of carbonyl (C=O) groups is 1. The van der Waals surface area contributed by atoms with Gasteiger partial charge in [-0.05, 0) is 30.0 Å². The SMILES string of the molecule is O=C(CCC1CCCC1)N=C1S[C@H]2CS(=O)(=O)C[C@@H]2N1Cc1ccc(Cl)cc1. The molecule has 0 unspecified atom stereocenters. The molecule has 1 amide bonds. The number of sulfone groups is 1. The number of hydrogen-bond acceptors (Lipinski definition) is 4. The van der Waals surface area contributed by atoms with Gasteiger partial charge < -0.3 is 4.90 Å². The molecule has 2 saturated heterocycles. The molecule has 3 fully saturated rings. The minimum Gasteiger partial charge on any atom is -0.342 e. The van der Waals surface area contributed by atoms with Crippen molar-refractivity contribution in [2.24, 2.45) is 10.9 Å². The fraction of sp³-hybridized carbons (Fsp3) is 0.600. The summed E-state index contributed by atoms with van der Waals surface area (Å²) in [6, 6.07) is 7.40. The van der Waals surface area contributed by atoms with Crippen LogP contribution >= 0.6 is 23.4 Å². The van der Waals surface area contributed by atoms with Crippen LogP contribution in [-0.2, 0) is 21.2 Å². The monoisotopic (exact) mass is 440 g/mol. The van der Waals surface area contributed by atoms with Gasteiger partial charge in [-0.1, -0.05) is 61.2 Å². The first-order chi connectivity index (χ1) is 13.4. The molecule has 0 N–H and O–H groups in total. The number of benzene rings is 1. The van der Waals surface area contributed by atoms with Crippen molar-refractivity contribution >= 4 is 44.3 Å². The average Bonchev–Trinajstić information content (AvgIpc) is 3.32. The smallest absolute Gasteiger partial charge is 0.248 e. The van der Waals surface area contributed by atoms with E-state index in [4.69, 9.17) is 11.6 Å². The zero-order valence-corrected chi connectivity index (χ0v) is 18.1. The molecule has 0 radical (unpaired) electrons. The van der Waals surface area contributed by atoms with Gasteiger partial charge in [0.05, 0.1) is 17.5 Å². The van der Waals surface area contributed by atoms with Gasteiger partial charge in [0.25, 0.3) is 0 Å². The van der Waals surface area contributed by atoms with Crippen molar-refractivity contribution in [1.29, 1.82) is 0 Å². The van der Waals surface area contributed by atoms with Crippen molar-refractivity contribution in [3.63, 3.8) is 0 Å². The zero-order chi connectivity index (χ0) is 19.7. The number of amides is 1. The van der Waals surface area contributed by atoms with Gasteiger partial charge in [-0.25, -0.2) is 8.42 Å². The second kappa shape index (κ2) is 8.36. The lowest BCUT2D eigenvalue weighted by molar-refractivity contribution is -0.118. The van der Waals surface area contributed by atoms with Crippen LogP contribution in [0.2, 0.25) is 5.02 Å². The minimum absolute atomic E-state index is 0.0429. The van der Waals surface area contributed by atoms with Crippen molar-refractivity contribution < 1.29 is 13.2 Å². The first-order valence-electron chi connectivity index (χ1n) is 9.89. The lowest BCUT2D eigenvalue weighted by Crippen LogP contribution is -2.37. The summed E-state index contributed by atoms with van der Waals surface area (Å²) in [4.78, 5) is 18.9. The van der Waals surface area contributed by atoms with E-state index in [2.05, 4.69) is 4.99 Å². The normalized spacial score (nSPS) is 28.2. The van der Waals surface area contributed by atoms with E-state index in [9.17, 15) is 13.2 Å². The van der Waals surface area contributed by atoms with E-state index in [1.807, 2.05) is 29.2 Å². The Hall–Kier alpha value is -1.05. The Balaban J connectivity index is 1.49. The molecular weight excluding hydrogens is 416 g/mol. The quantitative estimate of drug-likeness (QED) is 0.694. The van der Waals surface area contributed by atoms with Gasteiger partial charge in [0.15, 0.2) is 15.0 Å². The van der Waals surface area contributed by atoms with Crippen molar-refractivity contribution in [3.8, 4) is 0 Å². The Bertz CT molecular complexity index is 864. The minimum atomic E-state index is -3.03. The molecule has 4 rings (SSSR count). The summed E-state index contributed by atoms with van der Waals surface area (Å²) in [5.41, 5.74) is 1.03. The number of amidine groups is 1. The Morgan fingerprint density at radius 2 is 1.89 bits per heavy atom. The van der Waals surface area contributed by atoms with Crippen LogP contribution in [0.3, 0.4) is 0 Å². The predicted molar refractivity (Wildman–Crippen MR) is 114 cm³/mol. The van der Waals surface area contributed by atoms with E-state index in [1.54, 1.807) is 0 Å². The number of carbonyl (C=O) groups excluding carboxylic acids is 1. The molecule has 0 bridgehead atoms. The van der Waals surface area contributed by atoms with Crippen LogP contribution < -0.4 is 0 Å². The molecule has 0 spiro atoms. The molecule has 1 aromatic rings. The Morgan fingerprint density at radius 1 is 1.18 bits per heavy atom. The van der Waals surface area contributed by atoms with Gasteiger partial charge in [0.1, 0.15) is 0 Å². The molecule has 3 aliphatic rings. The molecule has 0 aromatic heterocycles. The van der Waals surface area contributed by atoms with Crippen LogP contribution in [-0.4, -0.2) is 47.2 Å². The van der Waals surface area contributed by atoms with Gasteiger partial charge >= 0.3 is 0 Å². The van der Waals surface area contributed by atoms with E-state index >= 15 is 0 Å². The number of halogens is 1. The third-order valence-electron chi connectivity index (χ3n) is 5.90. The molecule has 1 saturated carbocycles. The molecule has 2 aliphatic heterocycles. The van der Waals surface area contributed by atoms with E-state index in [1.165, 1.54) is 37.4 Å². The lowest BCUT2D eigenvalue weighted by Gasteiger charge is -2.24. The van der Waals surface area contributed by atoms with Crippen molar-refractivity contribution in [1.82, 2.24) is 4.90 Å². The molecule has 28 heavy (non-hydrogen) atoms. The van der Waals surface area contributed by atoms with Gasteiger partial charge in [-0.3, -0.25) is 4.79 Å². The Kier molecular flexibility index (Phi) is 6.04. The van der Waals surface area contributed by atoms with E-state index in [0.717, 1.165) is 12.0 Å². The predicted octanol–water partition coefficient (Wildman–Crippen LogP) is 3.91. The highest BCUT2D eigenvalue weighted by atomic mass is 35.5. The highest BCUT2D eigenvalue weighted by molar-refractivity contribution is 8.15. The van der Waals surface area contributed by atoms with Crippen LogP contribution in [0.15, 0.2) is 29.3 Å². The summed E-state index contributed by atoms with van der Waals surface area (Å²) >= 11 is 7.43. The second-order valence-electron chi connectivity index (χ2n) is 8.03. The molecule has 2 heterocycles. The van der Waals surface area contributed by atoms with Crippen LogP contribution in [0.4, 0.5) is 0 Å². The average molecular weight is 441 g/mol. The van der Waals surface area contributed by atoms with E-state index in [0.29, 0.717) is 29.1 Å². The number of nitrogens with zero attached hydrogens (tertiary/aromatic N) is 2. The molecule has 1 aliphatic carbocycles. The maximum atomic E-state index is 12.5. The van der Waals surface area contributed by atoms with Gasteiger partial charge in [-0.2, -0.15) is 4.99 Å². The molecule has 1 aromatic carbocycles. The zero-order valence-electron chi connectivity index (χ0n) is 15.7. The van der Waals surface area contributed by atoms with Crippen molar-refractivity contribution in [2.75, 3.05) is 11.5 Å². The lowest BCUT2D eigenvalue weighted by atomic mass is 10.0. The molecule has 5 nitrogen and oxygen atoms in total. The molecule has 2 atom stereocenters. The summed E-state index contributed by atoms with van der Waals surface area (Å²) in [5, 5.41) is 1.30. The summed E-state index contributed by atoms with van der Waals surface area (Å²) in [6.07, 6.45) is 6.40. The first-order valence-corrected chi connectivity index (χ1v) is 13.0. The topological polar surface area (TPSA) is 66.8 Å². The highest BCUT2D eigenvalue weighted by Gasteiger charge is 2.48. The number of fused-ring (bicyclic) bond motifs is 1. The fourth-order valence-electron chi connectivity index (χ4n) is 4.40. The largest absolute Gasteiger partial charge is 0.342 e. The fourth-order valence-corrected chi connectivity index (χ4v) is 8.49. The van der Waals surface area contributed by atoms with Crippen molar-refractivity contribution in [3.05, 3.63) is 34.9 Å². The number of thioether (sulfide) groups is 1.